The van der Waals surface area contributed by atoms with Crippen LogP contribution in [0.4, 0.5) is 5.69 Å². The van der Waals surface area contributed by atoms with Gasteiger partial charge in [-0.25, -0.2) is 8.42 Å². The van der Waals surface area contributed by atoms with Gasteiger partial charge in [0, 0.05) is 18.7 Å². The Kier molecular flexibility index (Phi) is 9.99. The number of amides is 2. The first-order chi connectivity index (χ1) is 20.8. The van der Waals surface area contributed by atoms with E-state index in [9.17, 15) is 18.0 Å². The number of carbonyl (C=O) groups is 2. The minimum atomic E-state index is -3.96. The lowest BCUT2D eigenvalue weighted by Crippen LogP contribution is -2.49. The van der Waals surface area contributed by atoms with Crippen molar-refractivity contribution in [3.8, 4) is 11.5 Å². The first-order valence-electron chi connectivity index (χ1n) is 15.1. The molecule has 0 spiro atoms. The van der Waals surface area contributed by atoms with Gasteiger partial charge in [0.25, 0.3) is 15.9 Å². The maximum absolute atomic E-state index is 13.1. The maximum atomic E-state index is 13.1. The van der Waals surface area contributed by atoms with Crippen LogP contribution in [0.5, 0.6) is 11.5 Å². The van der Waals surface area contributed by atoms with E-state index in [2.05, 4.69) is 14.9 Å². The summed E-state index contributed by atoms with van der Waals surface area (Å²) in [6, 6.07) is 20.8. The molecule has 43 heavy (non-hydrogen) atoms. The van der Waals surface area contributed by atoms with E-state index in [-0.39, 0.29) is 22.1 Å². The van der Waals surface area contributed by atoms with Crippen LogP contribution in [0.15, 0.2) is 83.8 Å². The smallest absolute Gasteiger partial charge is 0.262 e. The molecule has 1 atom stereocenters. The molecule has 2 fully saturated rings. The van der Waals surface area contributed by atoms with Crippen LogP contribution in [0.1, 0.15) is 49.4 Å². The van der Waals surface area contributed by atoms with E-state index in [4.69, 9.17) is 4.74 Å². The van der Waals surface area contributed by atoms with Gasteiger partial charge in [-0.3, -0.25) is 14.3 Å². The van der Waals surface area contributed by atoms with Crippen molar-refractivity contribution in [3.63, 3.8) is 0 Å². The molecule has 2 amide bonds. The van der Waals surface area contributed by atoms with Crippen LogP contribution >= 0.6 is 0 Å². The van der Waals surface area contributed by atoms with Crippen LogP contribution in [-0.4, -0.2) is 68.8 Å². The Hall–Kier alpha value is -3.89. The van der Waals surface area contributed by atoms with Gasteiger partial charge in [-0.05, 0) is 113 Å². The molecule has 2 N–H and O–H groups in total. The second-order valence-corrected chi connectivity index (χ2v) is 13.0. The summed E-state index contributed by atoms with van der Waals surface area (Å²) in [4.78, 5) is 30.3. The number of anilines is 1. The molecule has 5 rings (SSSR count). The molecular weight excluding hydrogens is 564 g/mol. The topological polar surface area (TPSA) is 108 Å². The largest absolute Gasteiger partial charge is 0.455 e. The number of hydrogen-bond acceptors (Lipinski definition) is 6. The molecule has 2 aliphatic heterocycles. The second-order valence-electron chi connectivity index (χ2n) is 11.3. The number of benzene rings is 3. The summed E-state index contributed by atoms with van der Waals surface area (Å²) >= 11 is 0. The van der Waals surface area contributed by atoms with Crippen LogP contribution in [0.25, 0.3) is 0 Å². The Morgan fingerprint density at radius 2 is 1.53 bits per heavy atom. The molecule has 2 aliphatic rings. The van der Waals surface area contributed by atoms with Gasteiger partial charge in [-0.2, -0.15) is 0 Å². The van der Waals surface area contributed by atoms with Crippen molar-refractivity contribution >= 4 is 27.5 Å². The lowest BCUT2D eigenvalue weighted by atomic mass is 9.93. The van der Waals surface area contributed by atoms with Crippen molar-refractivity contribution < 1.29 is 22.7 Å². The minimum Gasteiger partial charge on any atom is -0.455 e. The molecule has 0 aliphatic carbocycles. The van der Waals surface area contributed by atoms with E-state index < -0.39 is 22.0 Å². The van der Waals surface area contributed by atoms with Crippen LogP contribution in [0, 0.1) is 5.92 Å². The molecule has 0 radical (unpaired) electrons. The summed E-state index contributed by atoms with van der Waals surface area (Å²) in [5, 5.41) is 2.78. The Morgan fingerprint density at radius 3 is 2.23 bits per heavy atom. The molecule has 1 unspecified atom stereocenters. The van der Waals surface area contributed by atoms with Crippen LogP contribution in [0.3, 0.4) is 0 Å². The fraction of sp³-hybridized carbons (Fsp3) is 0.394. The normalized spacial score (nSPS) is 16.9. The number of nitrogens with zero attached hydrogens (tertiary/aromatic N) is 2. The van der Waals surface area contributed by atoms with Gasteiger partial charge < -0.3 is 19.9 Å². The third-order valence-electron chi connectivity index (χ3n) is 8.23. The molecule has 2 heterocycles. The fourth-order valence-corrected chi connectivity index (χ4v) is 6.74. The molecule has 2 saturated heterocycles. The first kappa shape index (κ1) is 30.6. The number of nitrogens with one attached hydrogen (secondary N) is 2. The summed E-state index contributed by atoms with van der Waals surface area (Å²) in [5.41, 5.74) is 0.558. The van der Waals surface area contributed by atoms with Crippen LogP contribution < -0.4 is 14.8 Å². The predicted octanol–water partition coefficient (Wildman–Crippen LogP) is 5.12. The highest BCUT2D eigenvalue weighted by atomic mass is 32.2. The summed E-state index contributed by atoms with van der Waals surface area (Å²) in [7, 11) is -3.96. The van der Waals surface area contributed by atoms with E-state index >= 15 is 0 Å². The summed E-state index contributed by atoms with van der Waals surface area (Å²) in [6.45, 7) is 6.69. The quantitative estimate of drug-likeness (QED) is 0.315. The highest BCUT2D eigenvalue weighted by Crippen LogP contribution is 2.31. The Bertz CT molecular complexity index is 1480. The van der Waals surface area contributed by atoms with E-state index in [1.807, 2.05) is 23.1 Å². The van der Waals surface area contributed by atoms with E-state index in [1.165, 1.54) is 56.6 Å². The van der Waals surface area contributed by atoms with Gasteiger partial charge in [-0.15, -0.1) is 0 Å². The number of hydrogen-bond donors (Lipinski definition) is 2. The second kappa shape index (κ2) is 14.1. The number of rotatable bonds is 11. The van der Waals surface area contributed by atoms with Gasteiger partial charge in [0.05, 0.1) is 10.6 Å². The third-order valence-corrected chi connectivity index (χ3v) is 9.61. The zero-order valence-electron chi connectivity index (χ0n) is 24.6. The molecule has 3 aromatic carbocycles. The summed E-state index contributed by atoms with van der Waals surface area (Å²) < 4.78 is 34.7. The zero-order valence-corrected chi connectivity index (χ0v) is 25.4. The van der Waals surface area contributed by atoms with Crippen molar-refractivity contribution in [2.45, 2.75) is 50.0 Å². The predicted molar refractivity (Wildman–Crippen MR) is 167 cm³/mol. The van der Waals surface area contributed by atoms with Crippen LogP contribution in [0.2, 0.25) is 0 Å². The van der Waals surface area contributed by atoms with E-state index in [0.717, 1.165) is 19.4 Å². The van der Waals surface area contributed by atoms with Crippen LogP contribution in [-0.2, 0) is 14.8 Å². The number of ether oxygens (including phenoxy) is 1. The lowest BCUT2D eigenvalue weighted by Gasteiger charge is -2.34. The molecule has 0 bridgehead atoms. The van der Waals surface area contributed by atoms with Gasteiger partial charge >= 0.3 is 0 Å². The highest BCUT2D eigenvalue weighted by molar-refractivity contribution is 7.92. The Morgan fingerprint density at radius 1 is 0.884 bits per heavy atom. The third kappa shape index (κ3) is 8.14. The number of carbonyl (C=O) groups excluding carboxylic acids is 2. The standard InChI is InChI=1S/C33H40N4O5S/c1-25(33(39)37-23-18-26(19-24-37)17-22-36-20-7-8-21-36)34-32(38)27-13-15-29(16-14-27)43(40,41)35-30-11-5-6-12-31(30)42-28-9-3-2-4-10-28/h2-6,9-16,25-26,35H,7-8,17-24H2,1H3,(H,34,38). The summed E-state index contributed by atoms with van der Waals surface area (Å²) in [5.74, 6) is 1.06. The number of piperidine rings is 1. The maximum Gasteiger partial charge on any atom is 0.262 e. The zero-order chi connectivity index (χ0) is 30.2. The molecule has 0 saturated carbocycles. The van der Waals surface area contributed by atoms with Crippen molar-refractivity contribution in [1.82, 2.24) is 15.1 Å². The van der Waals surface area contributed by atoms with Crippen molar-refractivity contribution in [2.75, 3.05) is 37.4 Å². The van der Waals surface area contributed by atoms with Crippen molar-refractivity contribution in [2.24, 2.45) is 5.92 Å². The number of para-hydroxylation sites is 3. The SMILES string of the molecule is CC(NC(=O)c1ccc(S(=O)(=O)Nc2ccccc2Oc2ccccc2)cc1)C(=O)N1CCC(CCN2CCCC2)CC1. The van der Waals surface area contributed by atoms with Gasteiger partial charge in [0.15, 0.2) is 5.75 Å². The minimum absolute atomic E-state index is 0.00436. The monoisotopic (exact) mass is 604 g/mol. The Labute approximate surface area is 254 Å². The summed E-state index contributed by atoms with van der Waals surface area (Å²) in [6.07, 6.45) is 5.78. The average molecular weight is 605 g/mol. The Balaban J connectivity index is 1.13. The van der Waals surface area contributed by atoms with Gasteiger partial charge in [-0.1, -0.05) is 30.3 Å². The molecule has 3 aromatic rings. The molecule has 0 aromatic heterocycles. The van der Waals surface area contributed by atoms with Crippen molar-refractivity contribution in [3.05, 3.63) is 84.4 Å². The van der Waals surface area contributed by atoms with Gasteiger partial charge in [0.1, 0.15) is 11.8 Å². The number of sulfonamides is 1. The average Bonchev–Trinajstić information content (AvgIpc) is 3.55. The molecule has 9 nitrogen and oxygen atoms in total. The molecule has 10 heteroatoms. The van der Waals surface area contributed by atoms with E-state index in [0.29, 0.717) is 30.5 Å². The molecular formula is C33H40N4O5S. The molecule has 228 valence electrons. The highest BCUT2D eigenvalue weighted by Gasteiger charge is 2.28. The van der Waals surface area contributed by atoms with Gasteiger partial charge in [0.2, 0.25) is 5.91 Å². The number of likely N-dealkylation sites (tertiary alicyclic amines) is 2. The fourth-order valence-electron chi connectivity index (χ4n) is 5.67. The lowest BCUT2D eigenvalue weighted by molar-refractivity contribution is -0.134. The first-order valence-corrected chi connectivity index (χ1v) is 16.5. The van der Waals surface area contributed by atoms with E-state index in [1.54, 1.807) is 43.3 Å². The van der Waals surface area contributed by atoms with Crippen molar-refractivity contribution in [1.29, 1.82) is 0 Å².